The van der Waals surface area contributed by atoms with Gasteiger partial charge in [-0.1, -0.05) is 12.1 Å². The summed E-state index contributed by atoms with van der Waals surface area (Å²) in [5.74, 6) is 0.559. The van der Waals surface area contributed by atoms with Gasteiger partial charge in [0.15, 0.2) is 0 Å². The van der Waals surface area contributed by atoms with Crippen molar-refractivity contribution >= 4 is 11.3 Å². The standard InChI is InChI=1S/C17H21FN2S/c1-12-3-4-14(8-17(12)18)7-15-5-6-20(10-15)11-16-9-19-13(2)21-16/h3-4,8-9,15H,5-7,10-11H2,1-2H3. The van der Waals surface area contributed by atoms with Gasteiger partial charge >= 0.3 is 0 Å². The van der Waals surface area contributed by atoms with Crippen LogP contribution in [0.2, 0.25) is 0 Å². The monoisotopic (exact) mass is 304 g/mol. The van der Waals surface area contributed by atoms with Gasteiger partial charge in [-0.25, -0.2) is 9.37 Å². The van der Waals surface area contributed by atoms with Gasteiger partial charge in [-0.2, -0.15) is 0 Å². The van der Waals surface area contributed by atoms with Crippen molar-refractivity contribution in [2.75, 3.05) is 13.1 Å². The topological polar surface area (TPSA) is 16.1 Å². The lowest BCUT2D eigenvalue weighted by Crippen LogP contribution is -2.20. The van der Waals surface area contributed by atoms with Gasteiger partial charge in [0.2, 0.25) is 0 Å². The van der Waals surface area contributed by atoms with Crippen LogP contribution in [0.4, 0.5) is 4.39 Å². The first kappa shape index (κ1) is 14.7. The van der Waals surface area contributed by atoms with Crippen LogP contribution < -0.4 is 0 Å². The molecule has 0 radical (unpaired) electrons. The summed E-state index contributed by atoms with van der Waals surface area (Å²) in [5, 5.41) is 1.14. The summed E-state index contributed by atoms with van der Waals surface area (Å²) in [4.78, 5) is 8.14. The van der Waals surface area contributed by atoms with Crippen molar-refractivity contribution in [3.8, 4) is 0 Å². The molecule has 1 aromatic carbocycles. The lowest BCUT2D eigenvalue weighted by molar-refractivity contribution is 0.319. The molecule has 2 heterocycles. The number of thiazole rings is 1. The quantitative estimate of drug-likeness (QED) is 0.850. The molecule has 2 aromatic rings. The summed E-state index contributed by atoms with van der Waals surface area (Å²) in [6.45, 7) is 7.10. The van der Waals surface area contributed by atoms with E-state index in [0.29, 0.717) is 5.92 Å². The molecule has 1 aliphatic heterocycles. The van der Waals surface area contributed by atoms with Crippen LogP contribution in [-0.2, 0) is 13.0 Å². The van der Waals surface area contributed by atoms with Crippen LogP contribution in [0.5, 0.6) is 0 Å². The molecule has 1 aromatic heterocycles. The van der Waals surface area contributed by atoms with Gasteiger partial charge in [-0.15, -0.1) is 11.3 Å². The molecule has 112 valence electrons. The largest absolute Gasteiger partial charge is 0.298 e. The van der Waals surface area contributed by atoms with Crippen LogP contribution in [0.25, 0.3) is 0 Å². The number of nitrogens with zero attached hydrogens (tertiary/aromatic N) is 2. The highest BCUT2D eigenvalue weighted by atomic mass is 32.1. The van der Waals surface area contributed by atoms with Gasteiger partial charge in [0.25, 0.3) is 0 Å². The minimum Gasteiger partial charge on any atom is -0.298 e. The first-order valence-corrected chi connectivity index (χ1v) is 8.30. The Balaban J connectivity index is 1.55. The average molecular weight is 304 g/mol. The maximum absolute atomic E-state index is 13.6. The summed E-state index contributed by atoms with van der Waals surface area (Å²) in [6, 6.07) is 5.65. The van der Waals surface area contributed by atoms with E-state index in [0.717, 1.165) is 42.2 Å². The molecule has 1 saturated heterocycles. The first-order valence-electron chi connectivity index (χ1n) is 7.49. The Morgan fingerprint density at radius 3 is 2.95 bits per heavy atom. The van der Waals surface area contributed by atoms with Gasteiger partial charge < -0.3 is 0 Å². The second-order valence-electron chi connectivity index (χ2n) is 6.02. The fourth-order valence-electron chi connectivity index (χ4n) is 3.02. The van der Waals surface area contributed by atoms with Gasteiger partial charge in [0, 0.05) is 24.2 Å². The molecule has 21 heavy (non-hydrogen) atoms. The molecular formula is C17H21FN2S. The number of aromatic nitrogens is 1. The zero-order chi connectivity index (χ0) is 14.8. The molecule has 0 aliphatic carbocycles. The number of benzene rings is 1. The first-order chi connectivity index (χ1) is 10.1. The van der Waals surface area contributed by atoms with Gasteiger partial charge in [-0.05, 0) is 56.3 Å². The third kappa shape index (κ3) is 3.69. The second kappa shape index (κ2) is 6.24. The fraction of sp³-hybridized carbons (Fsp3) is 0.471. The number of halogens is 1. The van der Waals surface area contributed by atoms with E-state index in [1.807, 2.05) is 26.1 Å². The highest BCUT2D eigenvalue weighted by molar-refractivity contribution is 7.11. The number of rotatable bonds is 4. The zero-order valence-electron chi connectivity index (χ0n) is 12.6. The van der Waals surface area contributed by atoms with Crippen molar-refractivity contribution in [1.82, 2.24) is 9.88 Å². The van der Waals surface area contributed by atoms with E-state index in [-0.39, 0.29) is 5.82 Å². The van der Waals surface area contributed by atoms with Crippen molar-refractivity contribution in [3.63, 3.8) is 0 Å². The maximum atomic E-state index is 13.6. The van der Waals surface area contributed by atoms with Gasteiger partial charge in [0.05, 0.1) is 5.01 Å². The van der Waals surface area contributed by atoms with E-state index >= 15 is 0 Å². The molecule has 0 amide bonds. The summed E-state index contributed by atoms with van der Waals surface area (Å²) in [6.07, 6.45) is 4.17. The minimum absolute atomic E-state index is 0.0810. The molecule has 0 N–H and O–H groups in total. The Bertz CT molecular complexity index is 623. The van der Waals surface area contributed by atoms with Crippen LogP contribution >= 0.6 is 11.3 Å². The fourth-order valence-corrected chi connectivity index (χ4v) is 3.86. The van der Waals surface area contributed by atoms with Gasteiger partial charge in [-0.3, -0.25) is 4.90 Å². The highest BCUT2D eigenvalue weighted by Gasteiger charge is 2.23. The maximum Gasteiger partial charge on any atom is 0.126 e. The lowest BCUT2D eigenvalue weighted by Gasteiger charge is -2.15. The van der Waals surface area contributed by atoms with E-state index in [2.05, 4.69) is 16.0 Å². The molecule has 4 heteroatoms. The smallest absolute Gasteiger partial charge is 0.126 e. The van der Waals surface area contributed by atoms with Crippen molar-refractivity contribution in [3.05, 3.63) is 51.2 Å². The Labute approximate surface area is 129 Å². The van der Waals surface area contributed by atoms with Crippen LogP contribution in [0.15, 0.2) is 24.4 Å². The minimum atomic E-state index is -0.0810. The number of hydrogen-bond acceptors (Lipinski definition) is 3. The Kier molecular flexibility index (Phi) is 4.36. The van der Waals surface area contributed by atoms with E-state index in [4.69, 9.17) is 0 Å². The number of aryl methyl sites for hydroxylation is 2. The Morgan fingerprint density at radius 1 is 1.38 bits per heavy atom. The molecule has 1 atom stereocenters. The van der Waals surface area contributed by atoms with Crippen LogP contribution in [0, 0.1) is 25.6 Å². The van der Waals surface area contributed by atoms with E-state index in [1.165, 1.54) is 11.3 Å². The van der Waals surface area contributed by atoms with Crippen molar-refractivity contribution in [2.24, 2.45) is 5.92 Å². The Hall–Kier alpha value is -1.26. The average Bonchev–Trinajstić information content (AvgIpc) is 3.04. The number of likely N-dealkylation sites (tertiary alicyclic amines) is 1. The predicted molar refractivity (Wildman–Crippen MR) is 85.1 cm³/mol. The molecule has 0 saturated carbocycles. The van der Waals surface area contributed by atoms with Crippen molar-refractivity contribution in [1.29, 1.82) is 0 Å². The lowest BCUT2D eigenvalue weighted by atomic mass is 9.98. The molecule has 0 spiro atoms. The molecule has 0 bridgehead atoms. The van der Waals surface area contributed by atoms with E-state index in [1.54, 1.807) is 17.4 Å². The van der Waals surface area contributed by atoms with Crippen LogP contribution in [0.1, 0.15) is 27.4 Å². The SMILES string of the molecule is Cc1ncc(CN2CCC(Cc3ccc(C)c(F)c3)C2)s1. The molecule has 2 nitrogen and oxygen atoms in total. The van der Waals surface area contributed by atoms with E-state index in [9.17, 15) is 4.39 Å². The predicted octanol–water partition coefficient (Wildman–Crippen LogP) is 3.96. The summed E-state index contributed by atoms with van der Waals surface area (Å²) < 4.78 is 13.6. The summed E-state index contributed by atoms with van der Waals surface area (Å²) in [7, 11) is 0. The molecule has 1 fully saturated rings. The molecule has 1 aliphatic rings. The second-order valence-corrected chi connectivity index (χ2v) is 7.34. The van der Waals surface area contributed by atoms with Crippen LogP contribution in [0.3, 0.4) is 0 Å². The van der Waals surface area contributed by atoms with Crippen molar-refractivity contribution < 1.29 is 4.39 Å². The summed E-state index contributed by atoms with van der Waals surface area (Å²) in [5.41, 5.74) is 1.85. The van der Waals surface area contributed by atoms with Crippen molar-refractivity contribution in [2.45, 2.75) is 33.2 Å². The van der Waals surface area contributed by atoms with E-state index < -0.39 is 0 Å². The highest BCUT2D eigenvalue weighted by Crippen LogP contribution is 2.24. The third-order valence-electron chi connectivity index (χ3n) is 4.18. The molecular weight excluding hydrogens is 283 g/mol. The molecule has 3 rings (SSSR count). The summed E-state index contributed by atoms with van der Waals surface area (Å²) >= 11 is 1.78. The Morgan fingerprint density at radius 2 is 2.24 bits per heavy atom. The molecule has 1 unspecified atom stereocenters. The normalized spacial score (nSPS) is 19.3. The zero-order valence-corrected chi connectivity index (χ0v) is 13.4. The third-order valence-corrected chi connectivity index (χ3v) is 5.08. The van der Waals surface area contributed by atoms with Gasteiger partial charge in [0.1, 0.15) is 5.82 Å². The number of hydrogen-bond donors (Lipinski definition) is 0. The van der Waals surface area contributed by atoms with Crippen LogP contribution in [-0.4, -0.2) is 23.0 Å².